The van der Waals surface area contributed by atoms with Gasteiger partial charge in [0.25, 0.3) is 0 Å². The summed E-state index contributed by atoms with van der Waals surface area (Å²) >= 11 is 3.26. The summed E-state index contributed by atoms with van der Waals surface area (Å²) in [7, 11) is 0. The fourth-order valence-electron chi connectivity index (χ4n) is 1.75. The van der Waals surface area contributed by atoms with Crippen molar-refractivity contribution in [1.29, 1.82) is 0 Å². The third-order valence-electron chi connectivity index (χ3n) is 2.73. The molecule has 0 aliphatic carbocycles. The Hall–Kier alpha value is -0.780. The quantitative estimate of drug-likeness (QED) is 0.754. The molecule has 0 aromatic heterocycles. The van der Waals surface area contributed by atoms with E-state index in [1.807, 2.05) is 13.8 Å². The molecular formula is C13H20BrNO3. The van der Waals surface area contributed by atoms with E-state index < -0.39 is 12.1 Å². The van der Waals surface area contributed by atoms with Gasteiger partial charge in [-0.3, -0.25) is 0 Å². The normalized spacial score (nSPS) is 14.3. The van der Waals surface area contributed by atoms with Crippen LogP contribution in [-0.2, 0) is 0 Å². The Balaban J connectivity index is 3.02. The molecular weight excluding hydrogens is 298 g/mol. The highest BCUT2D eigenvalue weighted by molar-refractivity contribution is 9.10. The maximum Gasteiger partial charge on any atom is 0.172 e. The molecule has 5 heteroatoms. The number of aliphatic hydroxyl groups is 1. The van der Waals surface area contributed by atoms with Crippen molar-refractivity contribution in [3.63, 3.8) is 0 Å². The number of phenolic OH excluding ortho intramolecular Hbond substituents is 1. The zero-order valence-electron chi connectivity index (χ0n) is 10.7. The number of nitrogens with two attached hydrogens (primary N) is 1. The van der Waals surface area contributed by atoms with Gasteiger partial charge in [-0.15, -0.1) is 0 Å². The highest BCUT2D eigenvalue weighted by atomic mass is 79.9. The minimum atomic E-state index is -0.596. The van der Waals surface area contributed by atoms with Crippen LogP contribution in [-0.4, -0.2) is 22.9 Å². The standard InChI is InChI=1S/C13H20BrNO3/c1-3-5-10(16)12(15)8-6-9(14)13(17)11(7-8)18-4-2/h6-7,10,12,16-17H,3-5,15H2,1-2H3/t10-,12+/m1/s1. The second kappa shape index (κ2) is 6.97. The molecule has 1 aromatic rings. The van der Waals surface area contributed by atoms with Crippen LogP contribution in [0.2, 0.25) is 0 Å². The first-order valence-electron chi connectivity index (χ1n) is 6.10. The van der Waals surface area contributed by atoms with Crippen molar-refractivity contribution in [2.45, 2.75) is 38.8 Å². The van der Waals surface area contributed by atoms with Gasteiger partial charge < -0.3 is 20.7 Å². The average molecular weight is 318 g/mol. The number of ether oxygens (including phenoxy) is 1. The highest BCUT2D eigenvalue weighted by Crippen LogP contribution is 2.37. The summed E-state index contributed by atoms with van der Waals surface area (Å²) in [6, 6.07) is 2.90. The first-order valence-corrected chi connectivity index (χ1v) is 6.89. The Labute approximate surface area is 116 Å². The summed E-state index contributed by atoms with van der Waals surface area (Å²) in [5, 5.41) is 19.7. The lowest BCUT2D eigenvalue weighted by Gasteiger charge is -2.20. The fourth-order valence-corrected chi connectivity index (χ4v) is 2.21. The molecule has 0 saturated carbocycles. The van der Waals surface area contributed by atoms with Crippen LogP contribution in [0.3, 0.4) is 0 Å². The first-order chi connectivity index (χ1) is 8.51. The maximum absolute atomic E-state index is 9.91. The van der Waals surface area contributed by atoms with Gasteiger partial charge in [-0.05, 0) is 47.0 Å². The number of aromatic hydroxyl groups is 1. The minimum Gasteiger partial charge on any atom is -0.503 e. The predicted octanol–water partition coefficient (Wildman–Crippen LogP) is 2.71. The van der Waals surface area contributed by atoms with Crippen LogP contribution in [0.1, 0.15) is 38.3 Å². The van der Waals surface area contributed by atoms with Gasteiger partial charge in [0.15, 0.2) is 11.5 Å². The Morgan fingerprint density at radius 2 is 2.06 bits per heavy atom. The molecule has 0 spiro atoms. The van der Waals surface area contributed by atoms with Crippen LogP contribution in [0.4, 0.5) is 0 Å². The van der Waals surface area contributed by atoms with Crippen molar-refractivity contribution in [3.8, 4) is 11.5 Å². The number of rotatable bonds is 6. The third-order valence-corrected chi connectivity index (χ3v) is 3.34. The van der Waals surface area contributed by atoms with E-state index in [-0.39, 0.29) is 5.75 Å². The summed E-state index contributed by atoms with van der Waals surface area (Å²) in [5.41, 5.74) is 6.74. The molecule has 0 saturated heterocycles. The summed E-state index contributed by atoms with van der Waals surface area (Å²) in [6.45, 7) is 4.29. The Morgan fingerprint density at radius 1 is 1.39 bits per heavy atom. The van der Waals surface area contributed by atoms with Crippen molar-refractivity contribution in [2.75, 3.05) is 6.61 Å². The number of benzene rings is 1. The number of phenols is 1. The molecule has 18 heavy (non-hydrogen) atoms. The Bertz CT molecular complexity index is 398. The second-order valence-electron chi connectivity index (χ2n) is 4.16. The molecule has 1 rings (SSSR count). The topological polar surface area (TPSA) is 75.7 Å². The molecule has 4 nitrogen and oxygen atoms in total. The maximum atomic E-state index is 9.91. The predicted molar refractivity (Wildman–Crippen MR) is 74.8 cm³/mol. The van der Waals surface area contributed by atoms with Crippen molar-refractivity contribution in [1.82, 2.24) is 0 Å². The van der Waals surface area contributed by atoms with E-state index in [1.54, 1.807) is 12.1 Å². The van der Waals surface area contributed by atoms with Crippen molar-refractivity contribution in [3.05, 3.63) is 22.2 Å². The number of halogens is 1. The molecule has 1 aromatic carbocycles. The number of hydrogen-bond donors (Lipinski definition) is 3. The van der Waals surface area contributed by atoms with Gasteiger partial charge in [0.2, 0.25) is 0 Å². The third kappa shape index (κ3) is 3.60. The largest absolute Gasteiger partial charge is 0.503 e. The van der Waals surface area contributed by atoms with Crippen molar-refractivity contribution < 1.29 is 14.9 Å². The van der Waals surface area contributed by atoms with E-state index in [2.05, 4.69) is 15.9 Å². The van der Waals surface area contributed by atoms with Gasteiger partial charge in [-0.2, -0.15) is 0 Å². The van der Waals surface area contributed by atoms with Gasteiger partial charge in [0.1, 0.15) is 0 Å². The van der Waals surface area contributed by atoms with Gasteiger partial charge in [0.05, 0.1) is 23.2 Å². The summed E-state index contributed by atoms with van der Waals surface area (Å²) in [6.07, 6.45) is 0.914. The van der Waals surface area contributed by atoms with E-state index >= 15 is 0 Å². The monoisotopic (exact) mass is 317 g/mol. The lowest BCUT2D eigenvalue weighted by Crippen LogP contribution is -2.26. The van der Waals surface area contributed by atoms with Crippen LogP contribution < -0.4 is 10.5 Å². The molecule has 0 unspecified atom stereocenters. The summed E-state index contributed by atoms with van der Waals surface area (Å²) < 4.78 is 5.85. The molecule has 0 amide bonds. The molecule has 0 heterocycles. The molecule has 2 atom stereocenters. The number of aliphatic hydroxyl groups excluding tert-OH is 1. The second-order valence-corrected chi connectivity index (χ2v) is 5.02. The molecule has 0 aliphatic heterocycles. The minimum absolute atomic E-state index is 0.0535. The van der Waals surface area contributed by atoms with Crippen LogP contribution in [0.5, 0.6) is 11.5 Å². The van der Waals surface area contributed by atoms with Crippen LogP contribution in [0, 0.1) is 0 Å². The molecule has 0 radical (unpaired) electrons. The molecule has 0 bridgehead atoms. The summed E-state index contributed by atoms with van der Waals surface area (Å²) in [4.78, 5) is 0. The number of hydrogen-bond acceptors (Lipinski definition) is 4. The zero-order valence-corrected chi connectivity index (χ0v) is 12.3. The van der Waals surface area contributed by atoms with Gasteiger partial charge in [-0.25, -0.2) is 0 Å². The van der Waals surface area contributed by atoms with Crippen molar-refractivity contribution in [2.24, 2.45) is 5.73 Å². The van der Waals surface area contributed by atoms with E-state index in [4.69, 9.17) is 10.5 Å². The fraction of sp³-hybridized carbons (Fsp3) is 0.538. The zero-order chi connectivity index (χ0) is 13.7. The van der Waals surface area contributed by atoms with Crippen LogP contribution >= 0.6 is 15.9 Å². The first kappa shape index (κ1) is 15.3. The van der Waals surface area contributed by atoms with E-state index in [1.165, 1.54) is 0 Å². The highest BCUT2D eigenvalue weighted by Gasteiger charge is 2.19. The Kier molecular flexibility index (Phi) is 5.91. The molecule has 0 fully saturated rings. The van der Waals surface area contributed by atoms with Gasteiger partial charge in [-0.1, -0.05) is 13.3 Å². The lowest BCUT2D eigenvalue weighted by atomic mass is 9.99. The van der Waals surface area contributed by atoms with E-state index in [0.717, 1.165) is 12.0 Å². The van der Waals surface area contributed by atoms with Gasteiger partial charge >= 0.3 is 0 Å². The molecule has 102 valence electrons. The lowest BCUT2D eigenvalue weighted by molar-refractivity contribution is 0.134. The smallest absolute Gasteiger partial charge is 0.172 e. The van der Waals surface area contributed by atoms with Gasteiger partial charge in [0, 0.05) is 0 Å². The van der Waals surface area contributed by atoms with Crippen molar-refractivity contribution >= 4 is 15.9 Å². The van der Waals surface area contributed by atoms with Crippen LogP contribution in [0.25, 0.3) is 0 Å². The molecule has 0 aliphatic rings. The summed E-state index contributed by atoms with van der Waals surface area (Å²) in [5.74, 6) is 0.429. The van der Waals surface area contributed by atoms with E-state index in [9.17, 15) is 10.2 Å². The average Bonchev–Trinajstić information content (AvgIpc) is 2.34. The SMILES string of the molecule is CCC[C@@H](O)[C@@H](N)c1cc(Br)c(O)c(OCC)c1. The van der Waals surface area contributed by atoms with Crippen LogP contribution in [0.15, 0.2) is 16.6 Å². The molecule has 4 N–H and O–H groups in total. The van der Waals surface area contributed by atoms with E-state index in [0.29, 0.717) is 23.2 Å². The Morgan fingerprint density at radius 3 is 2.61 bits per heavy atom.